The van der Waals surface area contributed by atoms with Gasteiger partial charge in [0.25, 0.3) is 10.0 Å². The zero-order valence-corrected chi connectivity index (χ0v) is 7.10. The SMILES string of the molecule is N[C@@H]1CCN(S(=O)(=O)C(F)F)C1. The Morgan fingerprint density at radius 2 is 2.08 bits per heavy atom. The number of sulfonamides is 1. The minimum Gasteiger partial charge on any atom is -0.326 e. The molecule has 1 saturated heterocycles. The van der Waals surface area contributed by atoms with Crippen molar-refractivity contribution in [2.75, 3.05) is 13.1 Å². The molecule has 7 heteroatoms. The van der Waals surface area contributed by atoms with E-state index in [4.69, 9.17) is 5.73 Å². The van der Waals surface area contributed by atoms with Gasteiger partial charge >= 0.3 is 5.76 Å². The van der Waals surface area contributed by atoms with Gasteiger partial charge in [-0.25, -0.2) is 8.42 Å². The first-order valence-electron chi connectivity index (χ1n) is 3.47. The van der Waals surface area contributed by atoms with Gasteiger partial charge in [-0.1, -0.05) is 0 Å². The summed E-state index contributed by atoms with van der Waals surface area (Å²) >= 11 is 0. The van der Waals surface area contributed by atoms with E-state index in [0.29, 0.717) is 6.42 Å². The van der Waals surface area contributed by atoms with E-state index >= 15 is 0 Å². The van der Waals surface area contributed by atoms with Crippen LogP contribution in [-0.2, 0) is 10.0 Å². The second kappa shape index (κ2) is 3.23. The van der Waals surface area contributed by atoms with E-state index in [2.05, 4.69) is 0 Å². The Morgan fingerprint density at radius 1 is 1.50 bits per heavy atom. The molecular weight excluding hydrogens is 190 g/mol. The maximum Gasteiger partial charge on any atom is 0.350 e. The van der Waals surface area contributed by atoms with Crippen LogP contribution in [0.3, 0.4) is 0 Å². The molecule has 0 amide bonds. The second-order valence-corrected chi connectivity index (χ2v) is 4.62. The topological polar surface area (TPSA) is 63.4 Å². The molecule has 0 radical (unpaired) electrons. The van der Waals surface area contributed by atoms with Gasteiger partial charge in [0.05, 0.1) is 0 Å². The van der Waals surface area contributed by atoms with Crippen molar-refractivity contribution in [3.05, 3.63) is 0 Å². The monoisotopic (exact) mass is 200 g/mol. The largest absolute Gasteiger partial charge is 0.350 e. The summed E-state index contributed by atoms with van der Waals surface area (Å²) in [7, 11) is -4.39. The van der Waals surface area contributed by atoms with Crippen LogP contribution < -0.4 is 5.73 Å². The summed E-state index contributed by atoms with van der Waals surface area (Å²) < 4.78 is 46.2. The summed E-state index contributed by atoms with van der Waals surface area (Å²) in [5, 5.41) is 0. The maximum atomic E-state index is 11.9. The van der Waals surface area contributed by atoms with Crippen molar-refractivity contribution in [2.45, 2.75) is 18.2 Å². The third-order valence-corrected chi connectivity index (χ3v) is 3.27. The lowest BCUT2D eigenvalue weighted by molar-refractivity contribution is 0.222. The van der Waals surface area contributed by atoms with Crippen molar-refractivity contribution >= 4 is 10.0 Å². The lowest BCUT2D eigenvalue weighted by Crippen LogP contribution is -2.35. The van der Waals surface area contributed by atoms with Gasteiger partial charge in [0.1, 0.15) is 0 Å². The Bertz CT molecular complexity index is 254. The predicted molar refractivity (Wildman–Crippen MR) is 39.1 cm³/mol. The molecule has 0 spiro atoms. The van der Waals surface area contributed by atoms with Crippen LogP contribution in [0.15, 0.2) is 0 Å². The fraction of sp³-hybridized carbons (Fsp3) is 1.00. The molecule has 1 aliphatic rings. The van der Waals surface area contributed by atoms with Gasteiger partial charge in [-0.15, -0.1) is 0 Å². The van der Waals surface area contributed by atoms with Crippen LogP contribution >= 0.6 is 0 Å². The first-order valence-corrected chi connectivity index (χ1v) is 4.97. The van der Waals surface area contributed by atoms with Crippen molar-refractivity contribution in [1.29, 1.82) is 0 Å². The zero-order valence-electron chi connectivity index (χ0n) is 6.28. The van der Waals surface area contributed by atoms with E-state index in [-0.39, 0.29) is 19.1 Å². The molecule has 2 N–H and O–H groups in total. The standard InChI is InChI=1S/C5H10F2N2O2S/c6-5(7)12(10,11)9-2-1-4(8)3-9/h4-5H,1-3,8H2/t4-/m1/s1. The van der Waals surface area contributed by atoms with Crippen molar-refractivity contribution in [3.63, 3.8) is 0 Å². The average molecular weight is 200 g/mol. The lowest BCUT2D eigenvalue weighted by atomic mass is 10.3. The molecule has 1 heterocycles. The molecule has 0 aliphatic carbocycles. The fourth-order valence-electron chi connectivity index (χ4n) is 1.10. The first kappa shape index (κ1) is 9.82. The molecule has 0 aromatic carbocycles. The van der Waals surface area contributed by atoms with Crippen molar-refractivity contribution in [3.8, 4) is 0 Å². The predicted octanol–water partition coefficient (Wildman–Crippen LogP) is -0.428. The highest BCUT2D eigenvalue weighted by molar-refractivity contribution is 7.89. The number of hydrogen-bond acceptors (Lipinski definition) is 3. The van der Waals surface area contributed by atoms with E-state index in [0.717, 1.165) is 4.31 Å². The van der Waals surface area contributed by atoms with E-state index in [1.807, 2.05) is 0 Å². The molecule has 72 valence electrons. The first-order chi connectivity index (χ1) is 5.44. The fourth-order valence-corrected chi connectivity index (χ4v) is 2.08. The molecule has 0 bridgehead atoms. The minimum absolute atomic E-state index is 0.00662. The molecule has 1 atom stereocenters. The average Bonchev–Trinajstić information content (AvgIpc) is 2.35. The van der Waals surface area contributed by atoms with Crippen LogP contribution in [-0.4, -0.2) is 37.6 Å². The Hall–Kier alpha value is -0.270. The molecule has 0 unspecified atom stereocenters. The zero-order chi connectivity index (χ0) is 9.35. The Kier molecular flexibility index (Phi) is 2.64. The number of rotatable bonds is 2. The molecule has 12 heavy (non-hydrogen) atoms. The summed E-state index contributed by atoms with van der Waals surface area (Å²) in [6.07, 6.45) is 0.450. The van der Waals surface area contributed by atoms with Gasteiger partial charge in [0, 0.05) is 19.1 Å². The van der Waals surface area contributed by atoms with Crippen molar-refractivity contribution in [1.82, 2.24) is 4.31 Å². The molecule has 1 fully saturated rings. The van der Waals surface area contributed by atoms with E-state index < -0.39 is 15.8 Å². The molecule has 0 saturated carbocycles. The number of nitrogens with zero attached hydrogens (tertiary/aromatic N) is 1. The Labute approximate surface area is 69.4 Å². The van der Waals surface area contributed by atoms with Crippen molar-refractivity contribution in [2.24, 2.45) is 5.73 Å². The van der Waals surface area contributed by atoms with Gasteiger partial charge in [-0.2, -0.15) is 13.1 Å². The van der Waals surface area contributed by atoms with Gasteiger partial charge in [0.2, 0.25) is 0 Å². The summed E-state index contributed by atoms with van der Waals surface area (Å²) in [5.41, 5.74) is 5.37. The summed E-state index contributed by atoms with van der Waals surface area (Å²) in [6.45, 7) is 0.112. The van der Waals surface area contributed by atoms with Crippen LogP contribution in [0.4, 0.5) is 8.78 Å². The number of hydrogen-bond donors (Lipinski definition) is 1. The smallest absolute Gasteiger partial charge is 0.326 e. The molecular formula is C5H10F2N2O2S. The van der Waals surface area contributed by atoms with Gasteiger partial charge in [-0.3, -0.25) is 0 Å². The van der Waals surface area contributed by atoms with Crippen LogP contribution in [0.25, 0.3) is 0 Å². The molecule has 1 aliphatic heterocycles. The molecule has 1 rings (SSSR count). The van der Waals surface area contributed by atoms with Gasteiger partial charge in [0.15, 0.2) is 0 Å². The highest BCUT2D eigenvalue weighted by Gasteiger charge is 2.36. The highest BCUT2D eigenvalue weighted by Crippen LogP contribution is 2.17. The van der Waals surface area contributed by atoms with Crippen LogP contribution in [0.5, 0.6) is 0 Å². The number of halogens is 2. The van der Waals surface area contributed by atoms with Crippen LogP contribution in [0.2, 0.25) is 0 Å². The second-order valence-electron chi connectivity index (χ2n) is 2.71. The third-order valence-electron chi connectivity index (χ3n) is 1.77. The Morgan fingerprint density at radius 3 is 2.42 bits per heavy atom. The highest BCUT2D eigenvalue weighted by atomic mass is 32.2. The lowest BCUT2D eigenvalue weighted by Gasteiger charge is -2.14. The number of nitrogens with two attached hydrogens (primary N) is 1. The molecule has 4 nitrogen and oxygen atoms in total. The maximum absolute atomic E-state index is 11.9. The summed E-state index contributed by atoms with van der Waals surface area (Å²) in [6, 6.07) is -0.307. The minimum atomic E-state index is -4.39. The summed E-state index contributed by atoms with van der Waals surface area (Å²) in [4.78, 5) is 0. The van der Waals surface area contributed by atoms with E-state index in [1.54, 1.807) is 0 Å². The summed E-state index contributed by atoms with van der Waals surface area (Å²) in [5.74, 6) is -3.33. The molecule has 0 aromatic rings. The van der Waals surface area contributed by atoms with Gasteiger partial charge < -0.3 is 5.73 Å². The normalized spacial score (nSPS) is 26.8. The van der Waals surface area contributed by atoms with Crippen LogP contribution in [0, 0.1) is 0 Å². The third kappa shape index (κ3) is 1.73. The quantitative estimate of drug-likeness (QED) is 0.658. The van der Waals surface area contributed by atoms with Gasteiger partial charge in [-0.05, 0) is 6.42 Å². The number of alkyl halides is 2. The van der Waals surface area contributed by atoms with E-state index in [9.17, 15) is 17.2 Å². The molecule has 0 aromatic heterocycles. The van der Waals surface area contributed by atoms with Crippen LogP contribution in [0.1, 0.15) is 6.42 Å². The van der Waals surface area contributed by atoms with E-state index in [1.165, 1.54) is 0 Å². The van der Waals surface area contributed by atoms with Crippen molar-refractivity contribution < 1.29 is 17.2 Å². The Balaban J connectivity index is 2.71.